The Labute approximate surface area is 116 Å². The molecule has 1 aromatic rings. The summed E-state index contributed by atoms with van der Waals surface area (Å²) in [4.78, 5) is 2.49. The minimum atomic E-state index is -0.157. The summed E-state index contributed by atoms with van der Waals surface area (Å²) < 4.78 is 2.12. The summed E-state index contributed by atoms with van der Waals surface area (Å²) in [5, 5.41) is 14.2. The smallest absolute Gasteiger partial charge is 0.0625 e. The van der Waals surface area contributed by atoms with Crippen molar-refractivity contribution >= 4 is 0 Å². The van der Waals surface area contributed by atoms with Crippen LogP contribution in [0.3, 0.4) is 0 Å². The van der Waals surface area contributed by atoms with Crippen molar-refractivity contribution in [2.45, 2.75) is 59.2 Å². The van der Waals surface area contributed by atoms with E-state index in [0.29, 0.717) is 5.92 Å². The molecule has 1 aromatic heterocycles. The van der Waals surface area contributed by atoms with Crippen LogP contribution in [-0.4, -0.2) is 39.0 Å². The highest BCUT2D eigenvalue weighted by atomic mass is 16.3. The summed E-state index contributed by atoms with van der Waals surface area (Å²) in [6.45, 7) is 10.3. The van der Waals surface area contributed by atoms with E-state index in [-0.39, 0.29) is 6.10 Å². The first-order valence-corrected chi connectivity index (χ1v) is 7.60. The van der Waals surface area contributed by atoms with E-state index in [0.717, 1.165) is 45.4 Å². The minimum absolute atomic E-state index is 0.157. The molecule has 4 nitrogen and oxygen atoms in total. The fourth-order valence-corrected chi connectivity index (χ4v) is 2.91. The number of aromatic nitrogens is 2. The Balaban J connectivity index is 1.93. The number of rotatable bonds is 5. The zero-order valence-corrected chi connectivity index (χ0v) is 12.5. The summed E-state index contributed by atoms with van der Waals surface area (Å²) in [5.74, 6) is 0.485. The second-order valence-electron chi connectivity index (χ2n) is 5.65. The van der Waals surface area contributed by atoms with E-state index < -0.39 is 0 Å². The molecule has 0 aromatic carbocycles. The third-order valence-corrected chi connectivity index (χ3v) is 4.28. The summed E-state index contributed by atoms with van der Waals surface area (Å²) >= 11 is 0. The molecule has 1 N–H and O–H groups in total. The van der Waals surface area contributed by atoms with Gasteiger partial charge in [0.15, 0.2) is 0 Å². The molecule has 0 aliphatic carbocycles. The Bertz CT molecular complexity index is 392. The van der Waals surface area contributed by atoms with Crippen LogP contribution in [-0.2, 0) is 19.5 Å². The van der Waals surface area contributed by atoms with Crippen LogP contribution in [0.2, 0.25) is 0 Å². The molecular formula is C15H27N3O. The van der Waals surface area contributed by atoms with E-state index >= 15 is 0 Å². The van der Waals surface area contributed by atoms with E-state index in [9.17, 15) is 5.11 Å². The molecule has 0 spiro atoms. The maximum atomic E-state index is 9.64. The normalized spacial score (nSPS) is 19.8. The maximum Gasteiger partial charge on any atom is 0.0625 e. The van der Waals surface area contributed by atoms with Crippen LogP contribution in [0.5, 0.6) is 0 Å². The lowest BCUT2D eigenvalue weighted by atomic mass is 9.92. The molecular weight excluding hydrogens is 238 g/mol. The van der Waals surface area contributed by atoms with Crippen molar-refractivity contribution in [3.63, 3.8) is 0 Å². The second kappa shape index (κ2) is 6.53. The standard InChI is InChI=1S/C15H27N3O/c1-4-14-10-15(18(5-2)16-14)11-17-8-6-13(7-9-17)12(3)19/h10,12-13,19H,4-9,11H2,1-3H3. The van der Waals surface area contributed by atoms with Gasteiger partial charge in [0, 0.05) is 13.1 Å². The molecule has 1 fully saturated rings. The van der Waals surface area contributed by atoms with Crippen LogP contribution >= 0.6 is 0 Å². The van der Waals surface area contributed by atoms with Gasteiger partial charge in [0.1, 0.15) is 0 Å². The molecule has 2 rings (SSSR count). The molecule has 0 bridgehead atoms. The molecule has 1 unspecified atom stereocenters. The van der Waals surface area contributed by atoms with Crippen LogP contribution in [0.25, 0.3) is 0 Å². The summed E-state index contributed by atoms with van der Waals surface area (Å²) in [7, 11) is 0. The van der Waals surface area contributed by atoms with E-state index in [4.69, 9.17) is 0 Å². The fourth-order valence-electron chi connectivity index (χ4n) is 2.91. The van der Waals surface area contributed by atoms with Crippen LogP contribution in [0.15, 0.2) is 6.07 Å². The molecule has 1 aliphatic heterocycles. The largest absolute Gasteiger partial charge is 0.393 e. The Morgan fingerprint density at radius 3 is 2.58 bits per heavy atom. The molecule has 0 saturated carbocycles. The SMILES string of the molecule is CCc1cc(CN2CCC(C(C)O)CC2)n(CC)n1. The van der Waals surface area contributed by atoms with Crippen LogP contribution in [0, 0.1) is 5.92 Å². The van der Waals surface area contributed by atoms with Crippen molar-refractivity contribution in [2.75, 3.05) is 13.1 Å². The van der Waals surface area contributed by atoms with Gasteiger partial charge in [-0.25, -0.2) is 0 Å². The number of piperidine rings is 1. The van der Waals surface area contributed by atoms with Gasteiger partial charge < -0.3 is 5.11 Å². The number of hydrogen-bond donors (Lipinski definition) is 1. The average molecular weight is 265 g/mol. The monoisotopic (exact) mass is 265 g/mol. The number of nitrogens with zero attached hydrogens (tertiary/aromatic N) is 3. The molecule has 1 saturated heterocycles. The molecule has 1 aliphatic rings. The van der Waals surface area contributed by atoms with Gasteiger partial charge in [0.25, 0.3) is 0 Å². The minimum Gasteiger partial charge on any atom is -0.393 e. The first-order chi connectivity index (χ1) is 9.13. The lowest BCUT2D eigenvalue weighted by Crippen LogP contribution is -2.37. The van der Waals surface area contributed by atoms with Crippen molar-refractivity contribution in [3.8, 4) is 0 Å². The highest BCUT2D eigenvalue weighted by Gasteiger charge is 2.23. The average Bonchev–Trinajstić information content (AvgIpc) is 2.81. The van der Waals surface area contributed by atoms with Gasteiger partial charge >= 0.3 is 0 Å². The molecule has 0 radical (unpaired) electrons. The summed E-state index contributed by atoms with van der Waals surface area (Å²) in [6.07, 6.45) is 3.07. The van der Waals surface area contributed by atoms with E-state index in [1.807, 2.05) is 6.92 Å². The van der Waals surface area contributed by atoms with Gasteiger partial charge in [-0.3, -0.25) is 9.58 Å². The molecule has 108 valence electrons. The Morgan fingerprint density at radius 2 is 2.05 bits per heavy atom. The number of aliphatic hydroxyl groups is 1. The fraction of sp³-hybridized carbons (Fsp3) is 0.800. The maximum absolute atomic E-state index is 9.64. The lowest BCUT2D eigenvalue weighted by molar-refractivity contribution is 0.0687. The predicted molar refractivity (Wildman–Crippen MR) is 77.0 cm³/mol. The van der Waals surface area contributed by atoms with Gasteiger partial charge in [-0.2, -0.15) is 5.10 Å². The van der Waals surface area contributed by atoms with Gasteiger partial charge in [-0.15, -0.1) is 0 Å². The van der Waals surface area contributed by atoms with Gasteiger partial charge in [-0.1, -0.05) is 6.92 Å². The van der Waals surface area contributed by atoms with Crippen LogP contribution in [0.4, 0.5) is 0 Å². The van der Waals surface area contributed by atoms with Gasteiger partial charge in [0.2, 0.25) is 0 Å². The van der Waals surface area contributed by atoms with Crippen molar-refractivity contribution < 1.29 is 5.11 Å². The highest BCUT2D eigenvalue weighted by molar-refractivity contribution is 5.10. The molecule has 19 heavy (non-hydrogen) atoms. The van der Waals surface area contributed by atoms with Crippen molar-refractivity contribution in [2.24, 2.45) is 5.92 Å². The predicted octanol–water partition coefficient (Wildman–Crippen LogP) is 2.06. The number of aliphatic hydroxyl groups excluding tert-OH is 1. The zero-order valence-electron chi connectivity index (χ0n) is 12.5. The highest BCUT2D eigenvalue weighted by Crippen LogP contribution is 2.22. The first kappa shape index (κ1) is 14.5. The molecule has 1 atom stereocenters. The zero-order chi connectivity index (χ0) is 13.8. The Kier molecular flexibility index (Phi) is 4.99. The summed E-state index contributed by atoms with van der Waals surface area (Å²) in [6, 6.07) is 2.24. The Morgan fingerprint density at radius 1 is 1.37 bits per heavy atom. The summed E-state index contributed by atoms with van der Waals surface area (Å²) in [5.41, 5.74) is 2.52. The van der Waals surface area contributed by atoms with Gasteiger partial charge in [-0.05, 0) is 58.2 Å². The van der Waals surface area contributed by atoms with Crippen molar-refractivity contribution in [3.05, 3.63) is 17.5 Å². The number of aryl methyl sites for hydroxylation is 2. The lowest BCUT2D eigenvalue weighted by Gasteiger charge is -2.33. The topological polar surface area (TPSA) is 41.3 Å². The number of likely N-dealkylation sites (tertiary alicyclic amines) is 1. The third-order valence-electron chi connectivity index (χ3n) is 4.28. The number of hydrogen-bond acceptors (Lipinski definition) is 3. The Hall–Kier alpha value is -0.870. The van der Waals surface area contributed by atoms with E-state index in [2.05, 4.69) is 34.6 Å². The molecule has 0 amide bonds. The van der Waals surface area contributed by atoms with E-state index in [1.165, 1.54) is 11.4 Å². The van der Waals surface area contributed by atoms with E-state index in [1.54, 1.807) is 0 Å². The van der Waals surface area contributed by atoms with Crippen molar-refractivity contribution in [1.82, 2.24) is 14.7 Å². The second-order valence-corrected chi connectivity index (χ2v) is 5.65. The third kappa shape index (κ3) is 3.57. The first-order valence-electron chi connectivity index (χ1n) is 7.60. The quantitative estimate of drug-likeness (QED) is 0.886. The van der Waals surface area contributed by atoms with Crippen molar-refractivity contribution in [1.29, 1.82) is 0 Å². The van der Waals surface area contributed by atoms with Crippen LogP contribution < -0.4 is 0 Å². The molecule has 2 heterocycles. The van der Waals surface area contributed by atoms with Gasteiger partial charge in [0.05, 0.1) is 17.5 Å². The molecule has 4 heteroatoms. The van der Waals surface area contributed by atoms with Crippen LogP contribution in [0.1, 0.15) is 45.0 Å².